The maximum Gasteiger partial charge on any atom is 0.305 e. The number of ether oxygens (including phenoxy) is 1. The average Bonchev–Trinajstić information content (AvgIpc) is 2.63. The molecular formula is C13H21NO2S. The summed E-state index contributed by atoms with van der Waals surface area (Å²) in [4.78, 5) is 13.5. The molecule has 1 heterocycles. The predicted octanol–water partition coefficient (Wildman–Crippen LogP) is 3.10. The van der Waals surface area contributed by atoms with Gasteiger partial charge in [-0.2, -0.15) is 0 Å². The third-order valence-electron chi connectivity index (χ3n) is 2.85. The average molecular weight is 255 g/mol. The molecule has 0 bridgehead atoms. The first-order chi connectivity index (χ1) is 8.04. The fourth-order valence-corrected chi connectivity index (χ4v) is 2.91. The minimum Gasteiger partial charge on any atom is -0.469 e. The van der Waals surface area contributed by atoms with E-state index in [1.807, 2.05) is 0 Å². The number of carbonyl (C=O) groups excluding carboxylic acids is 1. The van der Waals surface area contributed by atoms with E-state index in [-0.39, 0.29) is 12.0 Å². The normalized spacial score (nSPS) is 12.5. The summed E-state index contributed by atoms with van der Waals surface area (Å²) >= 11 is 1.79. The highest BCUT2D eigenvalue weighted by Gasteiger charge is 2.11. The summed E-state index contributed by atoms with van der Waals surface area (Å²) < 4.78 is 4.60. The van der Waals surface area contributed by atoms with Crippen molar-refractivity contribution in [3.63, 3.8) is 0 Å². The lowest BCUT2D eigenvalue weighted by Gasteiger charge is -2.10. The van der Waals surface area contributed by atoms with Crippen molar-refractivity contribution < 1.29 is 9.53 Å². The Morgan fingerprint density at radius 1 is 1.47 bits per heavy atom. The SMILES string of the molecule is COC(=O)CCCCC(N)c1cc(C)sc1C. The first-order valence-electron chi connectivity index (χ1n) is 5.94. The van der Waals surface area contributed by atoms with Crippen LogP contribution in [0.25, 0.3) is 0 Å². The van der Waals surface area contributed by atoms with Crippen LogP contribution in [-0.2, 0) is 9.53 Å². The summed E-state index contributed by atoms with van der Waals surface area (Å²) in [7, 11) is 1.42. The largest absolute Gasteiger partial charge is 0.469 e. The van der Waals surface area contributed by atoms with Crippen molar-refractivity contribution in [3.05, 3.63) is 21.4 Å². The van der Waals surface area contributed by atoms with Crippen molar-refractivity contribution in [1.29, 1.82) is 0 Å². The molecule has 0 aromatic carbocycles. The molecule has 0 fully saturated rings. The molecule has 3 nitrogen and oxygen atoms in total. The van der Waals surface area contributed by atoms with Gasteiger partial charge in [0.25, 0.3) is 0 Å². The molecule has 4 heteroatoms. The zero-order valence-corrected chi connectivity index (χ0v) is 11.6. The van der Waals surface area contributed by atoms with Crippen LogP contribution in [0.2, 0.25) is 0 Å². The zero-order valence-electron chi connectivity index (χ0n) is 10.8. The molecule has 96 valence electrons. The number of unbranched alkanes of at least 4 members (excludes halogenated alkanes) is 1. The monoisotopic (exact) mass is 255 g/mol. The maximum absolute atomic E-state index is 10.9. The minimum absolute atomic E-state index is 0.0950. The first kappa shape index (κ1) is 14.2. The van der Waals surface area contributed by atoms with Gasteiger partial charge in [-0.3, -0.25) is 4.79 Å². The van der Waals surface area contributed by atoms with Crippen LogP contribution in [0.15, 0.2) is 6.07 Å². The molecule has 17 heavy (non-hydrogen) atoms. The summed E-state index contributed by atoms with van der Waals surface area (Å²) in [6.07, 6.45) is 3.23. The van der Waals surface area contributed by atoms with Gasteiger partial charge in [0.2, 0.25) is 0 Å². The zero-order chi connectivity index (χ0) is 12.8. The topological polar surface area (TPSA) is 52.3 Å². The van der Waals surface area contributed by atoms with E-state index < -0.39 is 0 Å². The summed E-state index contributed by atoms with van der Waals surface area (Å²) in [5, 5.41) is 0. The lowest BCUT2D eigenvalue weighted by atomic mass is 10.0. The Bertz CT molecular complexity index is 373. The van der Waals surface area contributed by atoms with Gasteiger partial charge in [0.15, 0.2) is 0 Å². The summed E-state index contributed by atoms with van der Waals surface area (Å²) in [6.45, 7) is 4.21. The molecule has 0 spiro atoms. The smallest absolute Gasteiger partial charge is 0.305 e. The summed E-state index contributed by atoms with van der Waals surface area (Å²) in [6, 6.07) is 2.27. The number of aryl methyl sites for hydroxylation is 2. The summed E-state index contributed by atoms with van der Waals surface area (Å²) in [5.41, 5.74) is 7.40. The summed E-state index contributed by atoms with van der Waals surface area (Å²) in [5.74, 6) is -0.138. The van der Waals surface area contributed by atoms with Gasteiger partial charge in [0, 0.05) is 22.2 Å². The fourth-order valence-electron chi connectivity index (χ4n) is 1.91. The van der Waals surface area contributed by atoms with Crippen LogP contribution >= 0.6 is 11.3 Å². The van der Waals surface area contributed by atoms with Gasteiger partial charge in [0.05, 0.1) is 7.11 Å². The van der Waals surface area contributed by atoms with Gasteiger partial charge in [-0.25, -0.2) is 0 Å². The lowest BCUT2D eigenvalue weighted by Crippen LogP contribution is -2.10. The molecule has 1 atom stereocenters. The standard InChI is InChI=1S/C13H21NO2S/c1-9-8-11(10(2)17-9)12(14)6-4-5-7-13(15)16-3/h8,12H,4-7,14H2,1-3H3. The Labute approximate surface area is 107 Å². The van der Waals surface area contributed by atoms with Crippen molar-refractivity contribution in [2.24, 2.45) is 5.73 Å². The number of carbonyl (C=O) groups is 1. The Morgan fingerprint density at radius 2 is 2.18 bits per heavy atom. The molecule has 0 saturated carbocycles. The Balaban J connectivity index is 2.32. The highest BCUT2D eigenvalue weighted by atomic mass is 32.1. The van der Waals surface area contributed by atoms with Crippen molar-refractivity contribution >= 4 is 17.3 Å². The Hall–Kier alpha value is -0.870. The van der Waals surface area contributed by atoms with Crippen molar-refractivity contribution in [3.8, 4) is 0 Å². The molecule has 0 radical (unpaired) electrons. The third-order valence-corrected chi connectivity index (χ3v) is 3.83. The Morgan fingerprint density at radius 3 is 2.71 bits per heavy atom. The second-order valence-electron chi connectivity index (χ2n) is 4.30. The van der Waals surface area contributed by atoms with E-state index in [9.17, 15) is 4.79 Å². The fraction of sp³-hybridized carbons (Fsp3) is 0.615. The molecule has 1 aromatic rings. The molecule has 1 rings (SSSR count). The molecule has 0 aliphatic rings. The van der Waals surface area contributed by atoms with E-state index in [0.29, 0.717) is 6.42 Å². The Kier molecular flexibility index (Phi) is 5.65. The predicted molar refractivity (Wildman–Crippen MR) is 71.2 cm³/mol. The maximum atomic E-state index is 10.9. The van der Waals surface area contributed by atoms with E-state index in [1.54, 1.807) is 11.3 Å². The van der Waals surface area contributed by atoms with Crippen LogP contribution in [-0.4, -0.2) is 13.1 Å². The second-order valence-corrected chi connectivity index (χ2v) is 5.76. The number of hydrogen-bond acceptors (Lipinski definition) is 4. The number of thiophene rings is 1. The molecule has 2 N–H and O–H groups in total. The van der Waals surface area contributed by atoms with Crippen LogP contribution in [0.1, 0.15) is 47.0 Å². The molecule has 1 aromatic heterocycles. The van der Waals surface area contributed by atoms with Crippen LogP contribution in [0.3, 0.4) is 0 Å². The second kappa shape index (κ2) is 6.77. The van der Waals surface area contributed by atoms with Gasteiger partial charge in [-0.15, -0.1) is 11.3 Å². The van der Waals surface area contributed by atoms with Crippen molar-refractivity contribution in [2.75, 3.05) is 7.11 Å². The van der Waals surface area contributed by atoms with Gasteiger partial charge in [0.1, 0.15) is 0 Å². The van der Waals surface area contributed by atoms with Crippen molar-refractivity contribution in [2.45, 2.75) is 45.6 Å². The van der Waals surface area contributed by atoms with Crippen LogP contribution in [0, 0.1) is 13.8 Å². The lowest BCUT2D eigenvalue weighted by molar-refractivity contribution is -0.140. The molecule has 0 amide bonds. The molecular weight excluding hydrogens is 234 g/mol. The number of hydrogen-bond donors (Lipinski definition) is 1. The number of rotatable bonds is 6. The highest BCUT2D eigenvalue weighted by Crippen LogP contribution is 2.27. The van der Waals surface area contributed by atoms with Crippen molar-refractivity contribution in [1.82, 2.24) is 0 Å². The van der Waals surface area contributed by atoms with Gasteiger partial charge < -0.3 is 10.5 Å². The molecule has 0 aliphatic carbocycles. The third kappa shape index (κ3) is 4.48. The van der Waals surface area contributed by atoms with E-state index in [4.69, 9.17) is 5.73 Å². The van der Waals surface area contributed by atoms with Crippen LogP contribution < -0.4 is 5.73 Å². The number of esters is 1. The molecule has 0 saturated heterocycles. The van der Waals surface area contributed by atoms with E-state index >= 15 is 0 Å². The highest BCUT2D eigenvalue weighted by molar-refractivity contribution is 7.12. The van der Waals surface area contributed by atoms with E-state index in [2.05, 4.69) is 24.7 Å². The van der Waals surface area contributed by atoms with E-state index in [0.717, 1.165) is 19.3 Å². The number of methoxy groups -OCH3 is 1. The first-order valence-corrected chi connectivity index (χ1v) is 6.75. The van der Waals surface area contributed by atoms with Gasteiger partial charge in [-0.05, 0) is 38.3 Å². The molecule has 0 aliphatic heterocycles. The quantitative estimate of drug-likeness (QED) is 0.627. The number of nitrogens with two attached hydrogens (primary N) is 1. The molecule has 1 unspecified atom stereocenters. The minimum atomic E-state index is -0.138. The van der Waals surface area contributed by atoms with Crippen LogP contribution in [0.4, 0.5) is 0 Å². The van der Waals surface area contributed by atoms with E-state index in [1.165, 1.54) is 22.4 Å². The van der Waals surface area contributed by atoms with Gasteiger partial charge in [-0.1, -0.05) is 6.42 Å². The van der Waals surface area contributed by atoms with Crippen LogP contribution in [0.5, 0.6) is 0 Å². The van der Waals surface area contributed by atoms with Gasteiger partial charge >= 0.3 is 5.97 Å².